The number of nitrogens with zero attached hydrogens (tertiary/aromatic N) is 2. The van der Waals surface area contributed by atoms with Crippen LogP contribution >= 0.6 is 22.6 Å². The van der Waals surface area contributed by atoms with Gasteiger partial charge in [-0.15, -0.1) is 0 Å². The lowest BCUT2D eigenvalue weighted by atomic mass is 9.94. The number of amides is 2. The zero-order valence-electron chi connectivity index (χ0n) is 19.1. The second-order valence-electron chi connectivity index (χ2n) is 8.74. The number of hydrogen-bond acceptors (Lipinski definition) is 4. The third kappa shape index (κ3) is 6.57. The molecule has 2 aromatic carbocycles. The van der Waals surface area contributed by atoms with E-state index in [0.717, 1.165) is 35.7 Å². The van der Waals surface area contributed by atoms with Gasteiger partial charge in [0.1, 0.15) is 11.9 Å². The van der Waals surface area contributed by atoms with Crippen LogP contribution in [0.15, 0.2) is 48.5 Å². The van der Waals surface area contributed by atoms with Crippen LogP contribution in [0.5, 0.6) is 0 Å². The molecule has 1 aliphatic carbocycles. The highest BCUT2D eigenvalue weighted by Crippen LogP contribution is 2.32. The van der Waals surface area contributed by atoms with Gasteiger partial charge in [-0.05, 0) is 65.3 Å². The van der Waals surface area contributed by atoms with Crippen molar-refractivity contribution in [2.24, 2.45) is 0 Å². The number of anilines is 1. The first-order chi connectivity index (χ1) is 16.8. The molecule has 1 saturated carbocycles. The molecule has 35 heavy (non-hydrogen) atoms. The second kappa shape index (κ2) is 11.3. The fraction of sp³-hybridized carbons (Fsp3) is 0.417. The lowest BCUT2D eigenvalue weighted by Crippen LogP contribution is -2.50. The molecule has 1 aliphatic heterocycles. The van der Waals surface area contributed by atoms with Gasteiger partial charge in [0.25, 0.3) is 10.2 Å². The summed E-state index contributed by atoms with van der Waals surface area (Å²) in [6.07, 6.45) is 4.87. The summed E-state index contributed by atoms with van der Waals surface area (Å²) in [4.78, 5) is 28.5. The molecular weight excluding hydrogens is 586 g/mol. The third-order valence-electron chi connectivity index (χ3n) is 6.16. The minimum Gasteiger partial charge on any atom is -0.351 e. The summed E-state index contributed by atoms with van der Waals surface area (Å²) in [6.45, 7) is 0.226. The fourth-order valence-electron chi connectivity index (χ4n) is 4.30. The summed E-state index contributed by atoms with van der Waals surface area (Å²) in [6, 6.07) is 11.5. The number of carbonyl (C=O) groups excluding carboxylic acids is 2. The maximum absolute atomic E-state index is 14.2. The van der Waals surface area contributed by atoms with Gasteiger partial charge in [0.05, 0.1) is 6.54 Å². The Balaban J connectivity index is 1.71. The van der Waals surface area contributed by atoms with Gasteiger partial charge in [0, 0.05) is 28.4 Å². The van der Waals surface area contributed by atoms with Crippen LogP contribution in [0.2, 0.25) is 0 Å². The van der Waals surface area contributed by atoms with Crippen molar-refractivity contribution in [3.63, 3.8) is 0 Å². The van der Waals surface area contributed by atoms with Crippen molar-refractivity contribution < 1.29 is 22.4 Å². The van der Waals surface area contributed by atoms with Gasteiger partial charge in [-0.25, -0.2) is 4.39 Å². The zero-order valence-corrected chi connectivity index (χ0v) is 22.1. The number of halogens is 2. The van der Waals surface area contributed by atoms with Crippen LogP contribution in [0, 0.1) is 9.39 Å². The first-order valence-electron chi connectivity index (χ1n) is 11.6. The van der Waals surface area contributed by atoms with Gasteiger partial charge in [-0.2, -0.15) is 17.4 Å². The lowest BCUT2D eigenvalue weighted by Gasteiger charge is -2.34. The fourth-order valence-corrected chi connectivity index (χ4v) is 6.03. The first kappa shape index (κ1) is 26.0. The van der Waals surface area contributed by atoms with E-state index in [0.29, 0.717) is 18.7 Å². The molecular formula is C24H28FIN4O4S. The van der Waals surface area contributed by atoms with E-state index in [2.05, 4.69) is 32.6 Å². The van der Waals surface area contributed by atoms with Crippen LogP contribution < -0.4 is 14.9 Å². The van der Waals surface area contributed by atoms with Crippen LogP contribution in [0.3, 0.4) is 0 Å². The molecule has 2 aromatic rings. The average Bonchev–Trinajstić information content (AvgIpc) is 3.69. The minimum absolute atomic E-state index is 0.00856. The molecule has 0 aromatic heterocycles. The molecule has 1 atom stereocenters. The summed E-state index contributed by atoms with van der Waals surface area (Å²) in [5.41, 5.74) is 0.747. The van der Waals surface area contributed by atoms with E-state index in [-0.39, 0.29) is 17.6 Å². The SMILES string of the molecule is O=C(NC1CCCCC1)[C@H](c1ccccc1I)N(C(=O)CNS(=O)(=O)N1CC1)c1cccc(F)c1. The Bertz CT molecular complexity index is 1190. The Morgan fingerprint density at radius 3 is 2.46 bits per heavy atom. The van der Waals surface area contributed by atoms with E-state index in [1.54, 1.807) is 12.1 Å². The van der Waals surface area contributed by atoms with Crippen molar-refractivity contribution in [2.45, 2.75) is 44.2 Å². The third-order valence-corrected chi connectivity index (χ3v) is 8.70. The molecule has 4 rings (SSSR count). The highest BCUT2D eigenvalue weighted by molar-refractivity contribution is 14.1. The smallest absolute Gasteiger partial charge is 0.280 e. The predicted octanol–water partition coefficient (Wildman–Crippen LogP) is 3.10. The van der Waals surface area contributed by atoms with E-state index >= 15 is 0 Å². The van der Waals surface area contributed by atoms with Crippen LogP contribution in [0.4, 0.5) is 10.1 Å². The van der Waals surface area contributed by atoms with Crippen LogP contribution in [0.25, 0.3) is 0 Å². The molecule has 1 heterocycles. The second-order valence-corrected chi connectivity index (χ2v) is 11.7. The molecule has 188 valence electrons. The van der Waals surface area contributed by atoms with Gasteiger partial charge in [0.2, 0.25) is 11.8 Å². The molecule has 0 spiro atoms. The molecule has 11 heteroatoms. The van der Waals surface area contributed by atoms with Crippen molar-refractivity contribution >= 4 is 50.3 Å². The largest absolute Gasteiger partial charge is 0.351 e. The van der Waals surface area contributed by atoms with E-state index < -0.39 is 34.5 Å². The van der Waals surface area contributed by atoms with Crippen molar-refractivity contribution in [2.75, 3.05) is 24.5 Å². The molecule has 2 aliphatic rings. The molecule has 1 saturated heterocycles. The highest BCUT2D eigenvalue weighted by Gasteiger charge is 2.37. The molecule has 2 fully saturated rings. The Hall–Kier alpha value is -2.09. The molecule has 0 unspecified atom stereocenters. The average molecular weight is 614 g/mol. The van der Waals surface area contributed by atoms with Crippen molar-refractivity contribution in [3.8, 4) is 0 Å². The number of benzene rings is 2. The Labute approximate surface area is 218 Å². The maximum Gasteiger partial charge on any atom is 0.280 e. The van der Waals surface area contributed by atoms with E-state index in [1.807, 2.05) is 12.1 Å². The minimum atomic E-state index is -3.79. The molecule has 0 radical (unpaired) electrons. The summed E-state index contributed by atoms with van der Waals surface area (Å²) in [5.74, 6) is -1.61. The van der Waals surface area contributed by atoms with Crippen molar-refractivity contribution in [1.29, 1.82) is 0 Å². The standard InChI is InChI=1S/C24H28FIN4O4S/c25-17-7-6-10-19(15-17)30(22(31)16-27-35(33,34)29-13-14-29)23(20-11-4-5-12-21(20)26)24(32)28-18-8-2-1-3-9-18/h4-7,10-12,15,18,23,27H,1-3,8-9,13-14,16H2,(H,28,32)/t23-/m0/s1. The number of hydrogen-bond donors (Lipinski definition) is 2. The normalized spacial score (nSPS) is 17.5. The molecule has 0 bridgehead atoms. The van der Waals surface area contributed by atoms with Crippen LogP contribution in [-0.2, 0) is 19.8 Å². The maximum atomic E-state index is 14.2. The number of rotatable bonds is 9. The van der Waals surface area contributed by atoms with Gasteiger partial charge < -0.3 is 5.32 Å². The van der Waals surface area contributed by atoms with Crippen molar-refractivity contribution in [1.82, 2.24) is 14.3 Å². The summed E-state index contributed by atoms with van der Waals surface area (Å²) >= 11 is 2.10. The number of carbonyl (C=O) groups is 2. The monoisotopic (exact) mass is 614 g/mol. The van der Waals surface area contributed by atoms with Crippen LogP contribution in [-0.4, -0.2) is 50.2 Å². The van der Waals surface area contributed by atoms with E-state index in [9.17, 15) is 22.4 Å². The Kier molecular flexibility index (Phi) is 8.40. The van der Waals surface area contributed by atoms with E-state index in [1.165, 1.54) is 33.5 Å². The van der Waals surface area contributed by atoms with Gasteiger partial charge in [0.15, 0.2) is 0 Å². The summed E-state index contributed by atoms with van der Waals surface area (Å²) in [7, 11) is -3.79. The first-order valence-corrected chi connectivity index (χ1v) is 14.2. The molecule has 2 amide bonds. The van der Waals surface area contributed by atoms with Crippen LogP contribution in [0.1, 0.15) is 43.7 Å². The van der Waals surface area contributed by atoms with E-state index in [4.69, 9.17) is 0 Å². The van der Waals surface area contributed by atoms with Gasteiger partial charge in [-0.3, -0.25) is 14.5 Å². The zero-order chi connectivity index (χ0) is 25.0. The molecule has 8 nitrogen and oxygen atoms in total. The summed E-state index contributed by atoms with van der Waals surface area (Å²) < 4.78 is 43.1. The topological polar surface area (TPSA) is 98.6 Å². The lowest BCUT2D eigenvalue weighted by molar-refractivity contribution is -0.127. The van der Waals surface area contributed by atoms with Gasteiger partial charge in [-0.1, -0.05) is 43.5 Å². The predicted molar refractivity (Wildman–Crippen MR) is 139 cm³/mol. The van der Waals surface area contributed by atoms with Gasteiger partial charge >= 0.3 is 0 Å². The van der Waals surface area contributed by atoms with Crippen molar-refractivity contribution in [3.05, 3.63) is 63.5 Å². The summed E-state index contributed by atoms with van der Waals surface area (Å²) in [5, 5.41) is 3.09. The Morgan fingerprint density at radius 1 is 1.09 bits per heavy atom. The molecule has 2 N–H and O–H groups in total. The quantitative estimate of drug-likeness (QED) is 0.335. The highest BCUT2D eigenvalue weighted by atomic mass is 127. The Morgan fingerprint density at radius 2 is 1.80 bits per heavy atom. The number of nitrogens with one attached hydrogen (secondary N) is 2.